The molecule has 0 bridgehead atoms. The van der Waals surface area contributed by atoms with Crippen LogP contribution < -0.4 is 5.32 Å². The van der Waals surface area contributed by atoms with Gasteiger partial charge < -0.3 is 15.3 Å². The number of alkyl halides is 3. The van der Waals surface area contributed by atoms with Gasteiger partial charge in [0.15, 0.2) is 0 Å². The lowest BCUT2D eigenvalue weighted by Gasteiger charge is -2.35. The minimum Gasteiger partial charge on any atom is -0.396 e. The maximum Gasteiger partial charge on any atom is 0.401 e. The standard InChI is InChI=1S/C11H19F3N2O2/c12-11(13,14)8-15-7-10(18)16-5-2-1-3-9(16)4-6-17/h9,15,17H,1-8H2. The average Bonchev–Trinajstić information content (AvgIpc) is 2.28. The quantitative estimate of drug-likeness (QED) is 0.779. The van der Waals surface area contributed by atoms with E-state index in [1.165, 1.54) is 0 Å². The molecule has 1 fully saturated rings. The van der Waals surface area contributed by atoms with E-state index in [0.717, 1.165) is 19.3 Å². The second kappa shape index (κ2) is 6.94. The van der Waals surface area contributed by atoms with Crippen LogP contribution in [0.2, 0.25) is 0 Å². The fraction of sp³-hybridized carbons (Fsp3) is 0.909. The van der Waals surface area contributed by atoms with Crippen molar-refractivity contribution in [2.75, 3.05) is 26.2 Å². The molecule has 1 heterocycles. The van der Waals surface area contributed by atoms with Gasteiger partial charge in [0, 0.05) is 19.2 Å². The number of amides is 1. The molecule has 7 heteroatoms. The molecule has 0 spiro atoms. The molecule has 0 aromatic rings. The van der Waals surface area contributed by atoms with Crippen molar-refractivity contribution < 1.29 is 23.1 Å². The van der Waals surface area contributed by atoms with E-state index in [2.05, 4.69) is 5.32 Å². The van der Waals surface area contributed by atoms with Crippen molar-refractivity contribution >= 4 is 5.91 Å². The number of carbonyl (C=O) groups excluding carboxylic acids is 1. The number of halogens is 3. The number of carbonyl (C=O) groups is 1. The highest BCUT2D eigenvalue weighted by Gasteiger charge is 2.29. The van der Waals surface area contributed by atoms with E-state index in [-0.39, 0.29) is 25.1 Å². The molecule has 0 aliphatic carbocycles. The molecule has 0 aromatic carbocycles. The third kappa shape index (κ3) is 5.22. The Morgan fingerprint density at radius 2 is 2.11 bits per heavy atom. The van der Waals surface area contributed by atoms with Crippen LogP contribution in [-0.4, -0.2) is 54.4 Å². The van der Waals surface area contributed by atoms with Gasteiger partial charge in [0.05, 0.1) is 13.1 Å². The summed E-state index contributed by atoms with van der Waals surface area (Å²) in [4.78, 5) is 13.4. The van der Waals surface area contributed by atoms with Crippen LogP contribution in [0.25, 0.3) is 0 Å². The molecule has 0 radical (unpaired) electrons. The Balaban J connectivity index is 2.38. The molecular formula is C11H19F3N2O2. The maximum atomic E-state index is 11.9. The number of aliphatic hydroxyl groups excluding tert-OH is 1. The molecule has 1 amide bonds. The van der Waals surface area contributed by atoms with Crippen molar-refractivity contribution in [3.8, 4) is 0 Å². The van der Waals surface area contributed by atoms with Crippen molar-refractivity contribution in [1.82, 2.24) is 10.2 Å². The molecular weight excluding hydrogens is 249 g/mol. The van der Waals surface area contributed by atoms with E-state index in [1.54, 1.807) is 4.90 Å². The van der Waals surface area contributed by atoms with Gasteiger partial charge in [-0.3, -0.25) is 4.79 Å². The highest BCUT2D eigenvalue weighted by molar-refractivity contribution is 5.78. The second-order valence-electron chi connectivity index (χ2n) is 4.47. The molecule has 1 aliphatic rings. The molecule has 1 rings (SSSR count). The van der Waals surface area contributed by atoms with Crippen LogP contribution in [0.3, 0.4) is 0 Å². The predicted molar refractivity (Wildman–Crippen MR) is 60.0 cm³/mol. The van der Waals surface area contributed by atoms with E-state index >= 15 is 0 Å². The second-order valence-corrected chi connectivity index (χ2v) is 4.47. The zero-order chi connectivity index (χ0) is 13.6. The van der Waals surface area contributed by atoms with Gasteiger partial charge >= 0.3 is 6.18 Å². The van der Waals surface area contributed by atoms with Crippen LogP contribution in [-0.2, 0) is 4.79 Å². The summed E-state index contributed by atoms with van der Waals surface area (Å²) in [5.74, 6) is -0.322. The Labute approximate surface area is 104 Å². The lowest BCUT2D eigenvalue weighted by molar-refractivity contribution is -0.137. The number of nitrogens with zero attached hydrogens (tertiary/aromatic N) is 1. The Kier molecular flexibility index (Phi) is 5.87. The normalized spacial score (nSPS) is 21.1. The summed E-state index contributed by atoms with van der Waals surface area (Å²) in [5, 5.41) is 11.0. The van der Waals surface area contributed by atoms with E-state index in [1.807, 2.05) is 0 Å². The minimum atomic E-state index is -4.30. The monoisotopic (exact) mass is 268 g/mol. The van der Waals surface area contributed by atoms with Crippen LogP contribution in [0.15, 0.2) is 0 Å². The zero-order valence-corrected chi connectivity index (χ0v) is 10.2. The maximum absolute atomic E-state index is 11.9. The van der Waals surface area contributed by atoms with Gasteiger partial charge in [0.2, 0.25) is 5.91 Å². The number of nitrogens with one attached hydrogen (secondary N) is 1. The summed E-state index contributed by atoms with van der Waals surface area (Å²) in [5.41, 5.74) is 0. The molecule has 18 heavy (non-hydrogen) atoms. The van der Waals surface area contributed by atoms with Gasteiger partial charge in [-0.1, -0.05) is 0 Å². The van der Waals surface area contributed by atoms with Crippen molar-refractivity contribution in [1.29, 1.82) is 0 Å². The molecule has 2 N–H and O–H groups in total. The lowest BCUT2D eigenvalue weighted by atomic mass is 9.99. The Bertz CT molecular complexity index is 270. The summed E-state index contributed by atoms with van der Waals surface area (Å²) in [6.07, 6.45) is -1.14. The summed E-state index contributed by atoms with van der Waals surface area (Å²) >= 11 is 0. The number of hydrogen-bond acceptors (Lipinski definition) is 3. The number of aliphatic hydroxyl groups is 1. The van der Waals surface area contributed by atoms with Crippen LogP contribution in [0.4, 0.5) is 13.2 Å². The lowest BCUT2D eigenvalue weighted by Crippen LogP contribution is -2.48. The number of hydrogen-bond donors (Lipinski definition) is 2. The Morgan fingerprint density at radius 1 is 1.39 bits per heavy atom. The SMILES string of the molecule is O=C(CNCC(F)(F)F)N1CCCCC1CCO. The Hall–Kier alpha value is -0.820. The molecule has 1 atom stereocenters. The van der Waals surface area contributed by atoms with Crippen LogP contribution >= 0.6 is 0 Å². The van der Waals surface area contributed by atoms with Gasteiger partial charge in [0.25, 0.3) is 0 Å². The summed E-state index contributed by atoms with van der Waals surface area (Å²) in [7, 11) is 0. The van der Waals surface area contributed by atoms with Crippen molar-refractivity contribution in [2.24, 2.45) is 0 Å². The molecule has 0 saturated carbocycles. The van der Waals surface area contributed by atoms with Crippen LogP contribution in [0.1, 0.15) is 25.7 Å². The summed E-state index contributed by atoms with van der Waals surface area (Å²) in [6.45, 7) is -0.902. The van der Waals surface area contributed by atoms with Crippen molar-refractivity contribution in [3.05, 3.63) is 0 Å². The fourth-order valence-corrected chi connectivity index (χ4v) is 2.19. The van der Waals surface area contributed by atoms with E-state index in [4.69, 9.17) is 5.11 Å². The number of likely N-dealkylation sites (tertiary alicyclic amines) is 1. The van der Waals surface area contributed by atoms with Gasteiger partial charge in [-0.05, 0) is 25.7 Å². The van der Waals surface area contributed by atoms with E-state index < -0.39 is 12.7 Å². The third-order valence-electron chi connectivity index (χ3n) is 3.01. The zero-order valence-electron chi connectivity index (χ0n) is 10.2. The Morgan fingerprint density at radius 3 is 2.72 bits per heavy atom. The van der Waals surface area contributed by atoms with Gasteiger partial charge in [-0.15, -0.1) is 0 Å². The molecule has 106 valence electrons. The fourth-order valence-electron chi connectivity index (χ4n) is 2.19. The largest absolute Gasteiger partial charge is 0.401 e. The van der Waals surface area contributed by atoms with Crippen LogP contribution in [0, 0.1) is 0 Å². The molecule has 1 aliphatic heterocycles. The van der Waals surface area contributed by atoms with Crippen molar-refractivity contribution in [3.63, 3.8) is 0 Å². The number of rotatable bonds is 5. The molecule has 1 saturated heterocycles. The molecule has 1 unspecified atom stereocenters. The smallest absolute Gasteiger partial charge is 0.396 e. The average molecular weight is 268 g/mol. The van der Waals surface area contributed by atoms with Crippen LogP contribution in [0.5, 0.6) is 0 Å². The molecule has 0 aromatic heterocycles. The van der Waals surface area contributed by atoms with Gasteiger partial charge in [-0.25, -0.2) is 0 Å². The first-order chi connectivity index (χ1) is 8.44. The van der Waals surface area contributed by atoms with Gasteiger partial charge in [0.1, 0.15) is 0 Å². The van der Waals surface area contributed by atoms with Crippen molar-refractivity contribution in [2.45, 2.75) is 37.9 Å². The third-order valence-corrected chi connectivity index (χ3v) is 3.01. The van der Waals surface area contributed by atoms with Gasteiger partial charge in [-0.2, -0.15) is 13.2 Å². The topological polar surface area (TPSA) is 52.6 Å². The van der Waals surface area contributed by atoms with E-state index in [9.17, 15) is 18.0 Å². The predicted octanol–water partition coefficient (Wildman–Crippen LogP) is 0.902. The first-order valence-electron chi connectivity index (χ1n) is 6.12. The summed E-state index contributed by atoms with van der Waals surface area (Å²) in [6, 6.07) is -0.0380. The first-order valence-corrected chi connectivity index (χ1v) is 6.12. The van der Waals surface area contributed by atoms with E-state index in [0.29, 0.717) is 13.0 Å². The highest BCUT2D eigenvalue weighted by atomic mass is 19.4. The number of piperidine rings is 1. The highest BCUT2D eigenvalue weighted by Crippen LogP contribution is 2.19. The summed E-state index contributed by atoms with van der Waals surface area (Å²) < 4.78 is 35.8. The minimum absolute atomic E-state index is 0.00950. The molecule has 4 nitrogen and oxygen atoms in total. The first kappa shape index (κ1) is 15.2.